The summed E-state index contributed by atoms with van der Waals surface area (Å²) < 4.78 is 33.2. The topological polar surface area (TPSA) is 75.7 Å². The molecule has 31 heavy (non-hydrogen) atoms. The predicted octanol–water partition coefficient (Wildman–Crippen LogP) is 4.44. The number of aryl methyl sites for hydroxylation is 3. The van der Waals surface area contributed by atoms with Gasteiger partial charge in [-0.25, -0.2) is 8.42 Å². The van der Waals surface area contributed by atoms with Crippen molar-refractivity contribution < 1.29 is 17.9 Å². The molecule has 0 spiro atoms. The van der Waals surface area contributed by atoms with Gasteiger partial charge >= 0.3 is 0 Å². The first-order chi connectivity index (χ1) is 14.7. The van der Waals surface area contributed by atoms with Crippen molar-refractivity contribution in [1.82, 2.24) is 4.31 Å². The van der Waals surface area contributed by atoms with Crippen LogP contribution in [0, 0.1) is 26.7 Å². The van der Waals surface area contributed by atoms with Crippen LogP contribution in [-0.2, 0) is 14.8 Å². The minimum absolute atomic E-state index is 0.0612. The minimum Gasteiger partial charge on any atom is -0.494 e. The van der Waals surface area contributed by atoms with E-state index in [1.165, 1.54) is 4.31 Å². The molecular weight excluding hydrogens is 412 g/mol. The van der Waals surface area contributed by atoms with Crippen LogP contribution < -0.4 is 10.1 Å². The molecule has 0 bridgehead atoms. The van der Waals surface area contributed by atoms with Gasteiger partial charge in [0.25, 0.3) is 0 Å². The zero-order valence-corrected chi connectivity index (χ0v) is 19.6. The summed E-state index contributed by atoms with van der Waals surface area (Å²) in [5.41, 5.74) is 3.49. The quantitative estimate of drug-likeness (QED) is 0.685. The fourth-order valence-corrected chi connectivity index (χ4v) is 5.58. The molecule has 0 aromatic heterocycles. The zero-order chi connectivity index (χ0) is 22.6. The number of rotatable bonds is 7. The molecular formula is C24H32N2O4S. The number of amides is 1. The molecule has 7 heteroatoms. The van der Waals surface area contributed by atoms with E-state index >= 15 is 0 Å². The molecule has 0 atom stereocenters. The number of sulfonamides is 1. The molecule has 1 aliphatic heterocycles. The number of carbonyl (C=O) groups excluding carboxylic acids is 1. The molecule has 0 unspecified atom stereocenters. The summed E-state index contributed by atoms with van der Waals surface area (Å²) in [6.07, 6.45) is 1.95. The van der Waals surface area contributed by atoms with E-state index in [-0.39, 0.29) is 11.8 Å². The third kappa shape index (κ3) is 5.46. The fraction of sp³-hybridized carbons (Fsp3) is 0.458. The first kappa shape index (κ1) is 23.3. The molecule has 6 nitrogen and oxygen atoms in total. The van der Waals surface area contributed by atoms with E-state index in [2.05, 4.69) is 12.2 Å². The molecule has 0 aliphatic carbocycles. The van der Waals surface area contributed by atoms with Crippen LogP contribution in [0.15, 0.2) is 41.3 Å². The summed E-state index contributed by atoms with van der Waals surface area (Å²) in [7, 11) is -3.55. The minimum atomic E-state index is -3.55. The Morgan fingerprint density at radius 3 is 2.39 bits per heavy atom. The third-order valence-corrected chi connectivity index (χ3v) is 7.76. The first-order valence-corrected chi connectivity index (χ1v) is 12.3. The maximum absolute atomic E-state index is 13.1. The zero-order valence-electron chi connectivity index (χ0n) is 18.8. The molecule has 2 aromatic carbocycles. The summed E-state index contributed by atoms with van der Waals surface area (Å²) >= 11 is 0. The van der Waals surface area contributed by atoms with Crippen molar-refractivity contribution in [3.8, 4) is 5.75 Å². The van der Waals surface area contributed by atoms with Gasteiger partial charge in [0, 0.05) is 24.7 Å². The SMILES string of the molecule is CCCOc1ccc(NC(=O)C2CCN(S(=O)(=O)c3ccc(C)cc3C)CC2)c(C)c1. The Hall–Kier alpha value is -2.38. The average Bonchev–Trinajstić information content (AvgIpc) is 2.73. The molecule has 0 saturated carbocycles. The van der Waals surface area contributed by atoms with Gasteiger partial charge in [-0.1, -0.05) is 24.6 Å². The van der Waals surface area contributed by atoms with Crippen molar-refractivity contribution >= 4 is 21.6 Å². The van der Waals surface area contributed by atoms with Gasteiger partial charge in [-0.05, 0) is 75.4 Å². The van der Waals surface area contributed by atoms with E-state index in [9.17, 15) is 13.2 Å². The number of nitrogens with one attached hydrogen (secondary N) is 1. The van der Waals surface area contributed by atoms with Crippen molar-refractivity contribution in [1.29, 1.82) is 0 Å². The molecule has 2 aromatic rings. The fourth-order valence-electron chi connectivity index (χ4n) is 3.91. The number of ether oxygens (including phenoxy) is 1. The van der Waals surface area contributed by atoms with E-state index in [4.69, 9.17) is 4.74 Å². The number of carbonyl (C=O) groups is 1. The van der Waals surface area contributed by atoms with E-state index < -0.39 is 10.0 Å². The van der Waals surface area contributed by atoms with Crippen LogP contribution in [0.1, 0.15) is 42.9 Å². The standard InChI is InChI=1S/C24H32N2O4S/c1-5-14-30-21-7-8-22(18(3)16-21)25-24(27)20-10-12-26(13-11-20)31(28,29)23-9-6-17(2)15-19(23)4/h6-9,15-16,20H,5,10-14H2,1-4H3,(H,25,27). The lowest BCUT2D eigenvalue weighted by molar-refractivity contribution is -0.120. The lowest BCUT2D eigenvalue weighted by Crippen LogP contribution is -2.41. The first-order valence-electron chi connectivity index (χ1n) is 10.8. The highest BCUT2D eigenvalue weighted by molar-refractivity contribution is 7.89. The van der Waals surface area contributed by atoms with Gasteiger partial charge in [0.2, 0.25) is 15.9 Å². The average molecular weight is 445 g/mol. The maximum Gasteiger partial charge on any atom is 0.243 e. The van der Waals surface area contributed by atoms with E-state index in [0.717, 1.165) is 34.5 Å². The summed E-state index contributed by atoms with van der Waals surface area (Å²) in [5, 5.41) is 3.00. The number of hydrogen-bond acceptors (Lipinski definition) is 4. The van der Waals surface area contributed by atoms with Gasteiger partial charge in [0.15, 0.2) is 0 Å². The Kier molecular flexibility index (Phi) is 7.38. The highest BCUT2D eigenvalue weighted by atomic mass is 32.2. The highest BCUT2D eigenvalue weighted by Gasteiger charge is 2.33. The van der Waals surface area contributed by atoms with Crippen LogP contribution in [-0.4, -0.2) is 38.3 Å². The Morgan fingerprint density at radius 2 is 1.77 bits per heavy atom. The van der Waals surface area contributed by atoms with Gasteiger partial charge in [-0.3, -0.25) is 4.79 Å². The number of piperidine rings is 1. The predicted molar refractivity (Wildman–Crippen MR) is 123 cm³/mol. The number of anilines is 1. The second-order valence-electron chi connectivity index (χ2n) is 8.26. The Morgan fingerprint density at radius 1 is 1.06 bits per heavy atom. The molecule has 1 heterocycles. The number of nitrogens with zero attached hydrogens (tertiary/aromatic N) is 1. The molecule has 3 rings (SSSR count). The second-order valence-corrected chi connectivity index (χ2v) is 10.2. The third-order valence-electron chi connectivity index (χ3n) is 5.70. The summed E-state index contributed by atoms with van der Waals surface area (Å²) in [4.78, 5) is 13.1. The maximum atomic E-state index is 13.1. The molecule has 0 radical (unpaired) electrons. The molecule has 1 aliphatic rings. The Bertz CT molecular complexity index is 1040. The number of benzene rings is 2. The van der Waals surface area contributed by atoms with Gasteiger partial charge < -0.3 is 10.1 Å². The van der Waals surface area contributed by atoms with E-state index in [0.29, 0.717) is 37.4 Å². The summed E-state index contributed by atoms with van der Waals surface area (Å²) in [5.74, 6) is 0.525. The van der Waals surface area contributed by atoms with Crippen molar-refractivity contribution in [2.75, 3.05) is 25.0 Å². The van der Waals surface area contributed by atoms with Crippen molar-refractivity contribution in [2.24, 2.45) is 5.92 Å². The van der Waals surface area contributed by atoms with Crippen molar-refractivity contribution in [3.05, 3.63) is 53.1 Å². The smallest absolute Gasteiger partial charge is 0.243 e. The lowest BCUT2D eigenvalue weighted by atomic mass is 9.97. The van der Waals surface area contributed by atoms with Gasteiger partial charge in [-0.15, -0.1) is 0 Å². The lowest BCUT2D eigenvalue weighted by Gasteiger charge is -2.31. The summed E-state index contributed by atoms with van der Waals surface area (Å²) in [6, 6.07) is 11.0. The largest absolute Gasteiger partial charge is 0.494 e. The Labute approximate surface area is 185 Å². The molecule has 168 valence electrons. The number of hydrogen-bond donors (Lipinski definition) is 1. The molecule has 1 amide bonds. The van der Waals surface area contributed by atoms with Crippen LogP contribution in [0.2, 0.25) is 0 Å². The Balaban J connectivity index is 1.61. The van der Waals surface area contributed by atoms with Crippen LogP contribution in [0.3, 0.4) is 0 Å². The van der Waals surface area contributed by atoms with Crippen molar-refractivity contribution in [2.45, 2.75) is 51.9 Å². The normalized spacial score (nSPS) is 15.6. The van der Waals surface area contributed by atoms with Crippen LogP contribution in [0.4, 0.5) is 5.69 Å². The second kappa shape index (κ2) is 9.83. The van der Waals surface area contributed by atoms with E-state index in [1.54, 1.807) is 6.07 Å². The van der Waals surface area contributed by atoms with Crippen LogP contribution in [0.5, 0.6) is 5.75 Å². The van der Waals surface area contributed by atoms with Gasteiger partial charge in [-0.2, -0.15) is 4.31 Å². The van der Waals surface area contributed by atoms with Crippen molar-refractivity contribution in [3.63, 3.8) is 0 Å². The van der Waals surface area contributed by atoms with E-state index in [1.807, 2.05) is 51.1 Å². The molecule has 1 saturated heterocycles. The van der Waals surface area contributed by atoms with Gasteiger partial charge in [0.05, 0.1) is 11.5 Å². The monoisotopic (exact) mass is 444 g/mol. The summed E-state index contributed by atoms with van der Waals surface area (Å²) in [6.45, 7) is 9.11. The van der Waals surface area contributed by atoms with Crippen LogP contribution >= 0.6 is 0 Å². The molecule has 1 fully saturated rings. The molecule has 1 N–H and O–H groups in total. The van der Waals surface area contributed by atoms with Gasteiger partial charge in [0.1, 0.15) is 5.75 Å². The van der Waals surface area contributed by atoms with Crippen LogP contribution in [0.25, 0.3) is 0 Å². The highest BCUT2D eigenvalue weighted by Crippen LogP contribution is 2.28.